The Morgan fingerprint density at radius 3 is 2.35 bits per heavy atom. The summed E-state index contributed by atoms with van der Waals surface area (Å²) in [6.07, 6.45) is 2.66. The largest absolute Gasteiger partial charge is 0.372 e. The van der Waals surface area contributed by atoms with Crippen LogP contribution in [0, 0.1) is 0 Å². The van der Waals surface area contributed by atoms with E-state index in [9.17, 15) is 4.79 Å². The van der Waals surface area contributed by atoms with Crippen molar-refractivity contribution < 1.29 is 9.53 Å². The van der Waals surface area contributed by atoms with Gasteiger partial charge in [0, 0.05) is 13.1 Å². The zero-order chi connectivity index (χ0) is 15.9. The molecule has 120 valence electrons. The molecule has 0 radical (unpaired) electrons. The summed E-state index contributed by atoms with van der Waals surface area (Å²) in [5.74, 6) is 0.198. The number of carbonyl (C=O) groups is 1. The highest BCUT2D eigenvalue weighted by Crippen LogP contribution is 2.16. The topological polar surface area (TPSA) is 29.5 Å². The van der Waals surface area contributed by atoms with Gasteiger partial charge in [-0.3, -0.25) is 4.79 Å². The minimum absolute atomic E-state index is 0.142. The molecule has 3 heteroatoms. The van der Waals surface area contributed by atoms with Gasteiger partial charge in [0.05, 0.1) is 19.1 Å². The van der Waals surface area contributed by atoms with Gasteiger partial charge in [-0.25, -0.2) is 0 Å². The number of benzene rings is 2. The molecule has 2 aromatic rings. The van der Waals surface area contributed by atoms with Gasteiger partial charge in [0.2, 0.25) is 5.91 Å². The Morgan fingerprint density at radius 1 is 1.00 bits per heavy atom. The predicted molar refractivity (Wildman–Crippen MR) is 91.0 cm³/mol. The van der Waals surface area contributed by atoms with Crippen molar-refractivity contribution >= 4 is 5.91 Å². The fourth-order valence-corrected chi connectivity index (χ4v) is 2.97. The van der Waals surface area contributed by atoms with Crippen LogP contribution in [0.1, 0.15) is 24.0 Å². The first-order valence-electron chi connectivity index (χ1n) is 8.28. The number of carbonyl (C=O) groups excluding carboxylic acids is 1. The van der Waals surface area contributed by atoms with Gasteiger partial charge < -0.3 is 9.64 Å². The number of nitrogens with zero attached hydrogens (tertiary/aromatic N) is 1. The van der Waals surface area contributed by atoms with Crippen molar-refractivity contribution in [2.75, 3.05) is 13.1 Å². The first kappa shape index (κ1) is 15.8. The molecule has 0 spiro atoms. The van der Waals surface area contributed by atoms with Gasteiger partial charge in [-0.15, -0.1) is 0 Å². The average Bonchev–Trinajstić information content (AvgIpc) is 2.62. The molecule has 1 saturated heterocycles. The Morgan fingerprint density at radius 2 is 1.65 bits per heavy atom. The standard InChI is InChI=1S/C20H23NO2/c22-20(14-17-8-3-1-4-9-17)21-13-7-12-19(15-21)23-16-18-10-5-2-6-11-18/h1-6,8-11,19H,7,12-16H2. The molecule has 1 aliphatic heterocycles. The summed E-state index contributed by atoms with van der Waals surface area (Å²) in [7, 11) is 0. The van der Waals surface area contributed by atoms with Gasteiger partial charge in [-0.1, -0.05) is 60.7 Å². The van der Waals surface area contributed by atoms with Crippen molar-refractivity contribution in [2.24, 2.45) is 0 Å². The van der Waals surface area contributed by atoms with Crippen LogP contribution in [0.4, 0.5) is 0 Å². The van der Waals surface area contributed by atoms with Crippen LogP contribution in [0.5, 0.6) is 0 Å². The second kappa shape index (κ2) is 7.93. The molecule has 0 N–H and O–H groups in total. The van der Waals surface area contributed by atoms with E-state index in [0.29, 0.717) is 19.6 Å². The molecule has 2 aromatic carbocycles. The first-order chi connectivity index (χ1) is 11.3. The second-order valence-corrected chi connectivity index (χ2v) is 6.06. The van der Waals surface area contributed by atoms with Crippen molar-refractivity contribution in [3.8, 4) is 0 Å². The monoisotopic (exact) mass is 309 g/mol. The Hall–Kier alpha value is -2.13. The number of hydrogen-bond donors (Lipinski definition) is 0. The van der Waals surface area contributed by atoms with E-state index in [1.165, 1.54) is 5.56 Å². The third kappa shape index (κ3) is 4.67. The van der Waals surface area contributed by atoms with E-state index in [2.05, 4.69) is 12.1 Å². The lowest BCUT2D eigenvalue weighted by atomic mass is 10.1. The molecule has 1 unspecified atom stereocenters. The molecule has 3 rings (SSSR count). The molecule has 23 heavy (non-hydrogen) atoms. The summed E-state index contributed by atoms with van der Waals surface area (Å²) in [4.78, 5) is 14.4. The number of ether oxygens (including phenoxy) is 1. The van der Waals surface area contributed by atoms with Crippen molar-refractivity contribution in [2.45, 2.75) is 32.0 Å². The fraction of sp³-hybridized carbons (Fsp3) is 0.350. The number of hydrogen-bond acceptors (Lipinski definition) is 2. The van der Waals surface area contributed by atoms with Gasteiger partial charge >= 0.3 is 0 Å². The third-order valence-electron chi connectivity index (χ3n) is 4.26. The van der Waals surface area contributed by atoms with E-state index >= 15 is 0 Å². The number of likely N-dealkylation sites (tertiary alicyclic amines) is 1. The maximum atomic E-state index is 12.5. The number of rotatable bonds is 5. The maximum Gasteiger partial charge on any atom is 0.227 e. The van der Waals surface area contributed by atoms with E-state index in [1.54, 1.807) is 0 Å². The summed E-state index contributed by atoms with van der Waals surface area (Å²) >= 11 is 0. The minimum Gasteiger partial charge on any atom is -0.372 e. The molecular weight excluding hydrogens is 286 g/mol. The van der Waals surface area contributed by atoms with Crippen LogP contribution in [0.3, 0.4) is 0 Å². The molecule has 1 amide bonds. The second-order valence-electron chi connectivity index (χ2n) is 6.06. The van der Waals surface area contributed by atoms with Gasteiger partial charge in [-0.05, 0) is 24.0 Å². The number of piperidine rings is 1. The zero-order valence-electron chi connectivity index (χ0n) is 13.4. The maximum absolute atomic E-state index is 12.5. The lowest BCUT2D eigenvalue weighted by Gasteiger charge is -2.32. The van der Waals surface area contributed by atoms with Crippen LogP contribution in [-0.2, 0) is 22.6 Å². The van der Waals surface area contributed by atoms with Gasteiger partial charge in [-0.2, -0.15) is 0 Å². The molecule has 0 bridgehead atoms. The number of amides is 1. The van der Waals surface area contributed by atoms with Crippen LogP contribution in [-0.4, -0.2) is 30.0 Å². The van der Waals surface area contributed by atoms with Gasteiger partial charge in [0.1, 0.15) is 0 Å². The molecule has 0 aromatic heterocycles. The highest BCUT2D eigenvalue weighted by molar-refractivity contribution is 5.78. The van der Waals surface area contributed by atoms with E-state index in [0.717, 1.165) is 24.9 Å². The summed E-state index contributed by atoms with van der Waals surface area (Å²) in [6, 6.07) is 20.1. The van der Waals surface area contributed by atoms with Crippen molar-refractivity contribution in [3.05, 3.63) is 71.8 Å². The molecule has 3 nitrogen and oxygen atoms in total. The van der Waals surface area contributed by atoms with E-state index < -0.39 is 0 Å². The Balaban J connectivity index is 1.50. The highest BCUT2D eigenvalue weighted by Gasteiger charge is 2.24. The van der Waals surface area contributed by atoms with Crippen LogP contribution in [0.2, 0.25) is 0 Å². The lowest BCUT2D eigenvalue weighted by molar-refractivity contribution is -0.134. The van der Waals surface area contributed by atoms with Crippen LogP contribution >= 0.6 is 0 Å². The van der Waals surface area contributed by atoms with Crippen molar-refractivity contribution in [1.82, 2.24) is 4.90 Å². The molecule has 0 saturated carbocycles. The summed E-state index contributed by atoms with van der Waals surface area (Å²) in [6.45, 7) is 2.17. The van der Waals surface area contributed by atoms with Crippen molar-refractivity contribution in [1.29, 1.82) is 0 Å². The Kier molecular flexibility index (Phi) is 5.43. The zero-order valence-corrected chi connectivity index (χ0v) is 13.4. The van der Waals surface area contributed by atoms with Crippen LogP contribution < -0.4 is 0 Å². The minimum atomic E-state index is 0.142. The quantitative estimate of drug-likeness (QED) is 0.847. The van der Waals surface area contributed by atoms with E-state index in [1.807, 2.05) is 53.4 Å². The average molecular weight is 309 g/mol. The van der Waals surface area contributed by atoms with Crippen LogP contribution in [0.25, 0.3) is 0 Å². The summed E-state index contributed by atoms with van der Waals surface area (Å²) in [5, 5.41) is 0. The van der Waals surface area contributed by atoms with Crippen LogP contribution in [0.15, 0.2) is 60.7 Å². The molecule has 1 fully saturated rings. The first-order valence-corrected chi connectivity index (χ1v) is 8.28. The third-order valence-corrected chi connectivity index (χ3v) is 4.26. The molecule has 0 aliphatic carbocycles. The van der Waals surface area contributed by atoms with Crippen molar-refractivity contribution in [3.63, 3.8) is 0 Å². The lowest BCUT2D eigenvalue weighted by Crippen LogP contribution is -2.43. The summed E-state index contributed by atoms with van der Waals surface area (Å²) < 4.78 is 6.01. The smallest absolute Gasteiger partial charge is 0.227 e. The SMILES string of the molecule is O=C(Cc1ccccc1)N1CCCC(OCc2ccccc2)C1. The predicted octanol–water partition coefficient (Wildman–Crippen LogP) is 3.44. The van der Waals surface area contributed by atoms with E-state index in [4.69, 9.17) is 4.74 Å². The van der Waals surface area contributed by atoms with E-state index in [-0.39, 0.29) is 12.0 Å². The van der Waals surface area contributed by atoms with Gasteiger partial charge in [0.25, 0.3) is 0 Å². The molecule has 1 aliphatic rings. The summed E-state index contributed by atoms with van der Waals surface area (Å²) in [5.41, 5.74) is 2.25. The Labute approximate surface area is 137 Å². The normalized spacial score (nSPS) is 17.9. The molecule has 1 atom stereocenters. The fourth-order valence-electron chi connectivity index (χ4n) is 2.97. The molecular formula is C20H23NO2. The van der Waals surface area contributed by atoms with Gasteiger partial charge in [0.15, 0.2) is 0 Å². The highest BCUT2D eigenvalue weighted by atomic mass is 16.5. The Bertz CT molecular complexity index is 612. The molecule has 1 heterocycles.